The van der Waals surface area contributed by atoms with Crippen LogP contribution in [0, 0.1) is 0 Å². The Morgan fingerprint density at radius 1 is 0.463 bits per heavy atom. The van der Waals surface area contributed by atoms with Gasteiger partial charge >= 0.3 is 0 Å². The lowest BCUT2D eigenvalue weighted by Gasteiger charge is -2.39. The van der Waals surface area contributed by atoms with Gasteiger partial charge in [-0.05, 0) is 66.1 Å². The number of rotatable bonds is 5. The average Bonchev–Trinajstić information content (AvgIpc) is 3.46. The molecule has 1 atom stereocenters. The Morgan fingerprint density at radius 2 is 0.981 bits per heavy atom. The SMILES string of the molecule is CS1(C)c2cc(-c3nc(-c4ccccc4)nc(-c4ccccc4)n3)ccc2-c2cc3c(cc21)P(=O)(c1ccccc1)c1ccccc1N3c1ccccc1. The first-order chi connectivity index (χ1) is 26.4. The number of hydrogen-bond donors (Lipinski definition) is 0. The summed E-state index contributed by atoms with van der Waals surface area (Å²) in [5.74, 6) is 1.91. The van der Waals surface area contributed by atoms with Crippen molar-refractivity contribution in [3.05, 3.63) is 176 Å². The Labute approximate surface area is 316 Å². The second-order valence-electron chi connectivity index (χ2n) is 14.0. The molecule has 2 aliphatic rings. The molecule has 0 saturated heterocycles. The van der Waals surface area contributed by atoms with Gasteiger partial charge in [0, 0.05) is 48.1 Å². The summed E-state index contributed by atoms with van der Waals surface area (Å²) in [7, 11) is -4.83. The maximum Gasteiger partial charge on any atom is 0.175 e. The fraction of sp³-hybridized carbons (Fsp3) is 0.0426. The molecule has 1 aromatic heterocycles. The molecular weight excluding hydrogens is 700 g/mol. The highest BCUT2D eigenvalue weighted by Gasteiger charge is 2.44. The molecule has 5 nitrogen and oxygen atoms in total. The molecule has 0 spiro atoms. The molecule has 0 bridgehead atoms. The second kappa shape index (κ2) is 12.5. The zero-order valence-corrected chi connectivity index (χ0v) is 31.5. The van der Waals surface area contributed by atoms with Crippen LogP contribution >= 0.6 is 17.2 Å². The maximum atomic E-state index is 16.0. The summed E-state index contributed by atoms with van der Waals surface area (Å²) in [6.45, 7) is 0. The monoisotopic (exact) mass is 734 g/mol. The highest BCUT2D eigenvalue weighted by molar-refractivity contribution is 8.33. The first-order valence-electron chi connectivity index (χ1n) is 18.0. The van der Waals surface area contributed by atoms with Crippen molar-refractivity contribution in [2.45, 2.75) is 9.79 Å². The third kappa shape index (κ3) is 5.02. The van der Waals surface area contributed by atoms with Gasteiger partial charge in [0.1, 0.15) is 0 Å². The van der Waals surface area contributed by atoms with Gasteiger partial charge in [-0.15, -0.1) is 0 Å². The summed E-state index contributed by atoms with van der Waals surface area (Å²) in [6.07, 6.45) is 4.70. The van der Waals surface area contributed by atoms with E-state index in [1.807, 2.05) is 109 Å². The number of hydrogen-bond acceptors (Lipinski definition) is 5. The minimum atomic E-state index is -3.27. The van der Waals surface area contributed by atoms with Crippen LogP contribution in [0.5, 0.6) is 0 Å². The van der Waals surface area contributed by atoms with Crippen LogP contribution in [-0.2, 0) is 4.57 Å². The summed E-state index contributed by atoms with van der Waals surface area (Å²) in [5.41, 5.74) is 8.13. The van der Waals surface area contributed by atoms with E-state index < -0.39 is 17.2 Å². The lowest BCUT2D eigenvalue weighted by molar-refractivity contribution is 0.592. The Balaban J connectivity index is 1.18. The normalized spacial score (nSPS) is 16.8. The van der Waals surface area contributed by atoms with Crippen LogP contribution in [0.1, 0.15) is 0 Å². The van der Waals surface area contributed by atoms with Gasteiger partial charge in [-0.3, -0.25) is 0 Å². The van der Waals surface area contributed by atoms with Crippen molar-refractivity contribution in [3.63, 3.8) is 0 Å². The quantitative estimate of drug-likeness (QED) is 0.165. The van der Waals surface area contributed by atoms with Crippen LogP contribution in [0.25, 0.3) is 45.3 Å². The molecule has 54 heavy (non-hydrogen) atoms. The van der Waals surface area contributed by atoms with Crippen molar-refractivity contribution in [1.29, 1.82) is 0 Å². The van der Waals surface area contributed by atoms with Crippen molar-refractivity contribution in [2.24, 2.45) is 0 Å². The molecule has 2 aliphatic heterocycles. The number of aromatic nitrogens is 3. The summed E-state index contributed by atoms with van der Waals surface area (Å²) >= 11 is 0. The molecule has 0 fully saturated rings. The van der Waals surface area contributed by atoms with Crippen molar-refractivity contribution in [2.75, 3.05) is 17.4 Å². The summed E-state index contributed by atoms with van der Waals surface area (Å²) < 4.78 is 16.0. The Hall–Kier alpha value is -6.07. The van der Waals surface area contributed by atoms with Gasteiger partial charge in [-0.25, -0.2) is 15.0 Å². The van der Waals surface area contributed by atoms with Crippen LogP contribution in [0.15, 0.2) is 186 Å². The molecule has 3 heterocycles. The molecule has 0 amide bonds. The molecule has 0 aliphatic carbocycles. The lowest BCUT2D eigenvalue weighted by Crippen LogP contribution is -2.36. The van der Waals surface area contributed by atoms with Crippen molar-refractivity contribution in [3.8, 4) is 45.3 Å². The minimum absolute atomic E-state index is 0.634. The highest BCUT2D eigenvalue weighted by atomic mass is 32.3. The Morgan fingerprint density at radius 3 is 1.61 bits per heavy atom. The van der Waals surface area contributed by atoms with E-state index in [0.717, 1.165) is 49.7 Å². The number of nitrogens with zero attached hydrogens (tertiary/aromatic N) is 4. The van der Waals surface area contributed by atoms with Gasteiger partial charge in [0.15, 0.2) is 24.6 Å². The molecule has 260 valence electrons. The van der Waals surface area contributed by atoms with Gasteiger partial charge in [-0.2, -0.15) is 10.0 Å². The summed E-state index contributed by atoms with van der Waals surface area (Å²) in [4.78, 5) is 19.8. The largest absolute Gasteiger partial charge is 0.309 e. The maximum absolute atomic E-state index is 16.0. The van der Waals surface area contributed by atoms with E-state index in [1.165, 1.54) is 20.9 Å². The molecule has 0 radical (unpaired) electrons. The van der Waals surface area contributed by atoms with Crippen LogP contribution in [0.2, 0.25) is 0 Å². The number of fused-ring (bicyclic) bond motifs is 5. The smallest absolute Gasteiger partial charge is 0.175 e. The first kappa shape index (κ1) is 32.6. The second-order valence-corrected chi connectivity index (χ2v) is 20.2. The molecular formula is C47H35N4OPS. The third-order valence-electron chi connectivity index (χ3n) is 10.6. The van der Waals surface area contributed by atoms with E-state index in [-0.39, 0.29) is 0 Å². The van der Waals surface area contributed by atoms with Gasteiger partial charge in [-0.1, -0.05) is 133 Å². The topological polar surface area (TPSA) is 59.0 Å². The molecule has 7 heteroatoms. The number of para-hydroxylation sites is 2. The van der Waals surface area contributed by atoms with E-state index in [0.29, 0.717) is 17.5 Å². The molecule has 10 rings (SSSR count). The zero-order chi connectivity index (χ0) is 36.4. The zero-order valence-electron chi connectivity index (χ0n) is 29.8. The van der Waals surface area contributed by atoms with E-state index in [9.17, 15) is 0 Å². The molecule has 1 unspecified atom stereocenters. The fourth-order valence-electron chi connectivity index (χ4n) is 7.93. The van der Waals surface area contributed by atoms with Gasteiger partial charge in [0.25, 0.3) is 0 Å². The molecule has 7 aromatic carbocycles. The van der Waals surface area contributed by atoms with Crippen molar-refractivity contribution < 1.29 is 4.57 Å². The fourth-order valence-corrected chi connectivity index (χ4v) is 13.5. The Kier molecular flexibility index (Phi) is 7.55. The Bertz CT molecular complexity index is 2720. The average molecular weight is 735 g/mol. The van der Waals surface area contributed by atoms with Crippen LogP contribution in [-0.4, -0.2) is 27.5 Å². The third-order valence-corrected chi connectivity index (χ3v) is 16.6. The summed E-state index contributed by atoms with van der Waals surface area (Å²) in [6, 6.07) is 60.1. The minimum Gasteiger partial charge on any atom is -0.309 e. The van der Waals surface area contributed by atoms with E-state index in [4.69, 9.17) is 15.0 Å². The van der Waals surface area contributed by atoms with Crippen LogP contribution in [0.3, 0.4) is 0 Å². The van der Waals surface area contributed by atoms with Crippen LogP contribution in [0.4, 0.5) is 17.1 Å². The van der Waals surface area contributed by atoms with Crippen LogP contribution < -0.4 is 20.8 Å². The predicted molar refractivity (Wildman–Crippen MR) is 225 cm³/mol. The first-order valence-corrected chi connectivity index (χ1v) is 22.1. The van der Waals surface area contributed by atoms with Crippen molar-refractivity contribution >= 4 is 50.1 Å². The van der Waals surface area contributed by atoms with Gasteiger partial charge < -0.3 is 9.46 Å². The van der Waals surface area contributed by atoms with E-state index >= 15 is 4.57 Å². The standard InChI is InChI=1S/C47H35N4OPS/c1-54(2)43-29-34(47-49-45(32-17-7-3-8-18-32)48-46(50-47)33-19-9-4-10-20-33)27-28-37(43)38-30-40-42(31-44(38)54)53(52,36-23-13-6-14-24-36)41-26-16-15-25-39(41)51(40)35-21-11-5-12-22-35/h3-31H,1-2H3. The van der Waals surface area contributed by atoms with E-state index in [1.54, 1.807) is 0 Å². The lowest BCUT2D eigenvalue weighted by atomic mass is 10.0. The van der Waals surface area contributed by atoms with E-state index in [2.05, 4.69) is 84.1 Å². The molecule has 0 saturated carbocycles. The highest BCUT2D eigenvalue weighted by Crippen LogP contribution is 2.69. The van der Waals surface area contributed by atoms with Gasteiger partial charge in [0.2, 0.25) is 0 Å². The molecule has 0 N–H and O–H groups in total. The number of anilines is 3. The molecule has 8 aromatic rings. The van der Waals surface area contributed by atoms with Crippen molar-refractivity contribution in [1.82, 2.24) is 15.0 Å². The number of benzene rings is 7. The summed E-state index contributed by atoms with van der Waals surface area (Å²) in [5, 5.41) is 2.58. The van der Waals surface area contributed by atoms with Gasteiger partial charge in [0.05, 0.1) is 11.4 Å². The predicted octanol–water partition coefficient (Wildman–Crippen LogP) is 10.8.